The molecule has 2 aromatic rings. The lowest BCUT2D eigenvalue weighted by Gasteiger charge is -2.06. The van der Waals surface area contributed by atoms with E-state index in [0.29, 0.717) is 10.5 Å². The topological polar surface area (TPSA) is 17.1 Å². The van der Waals surface area contributed by atoms with Crippen LogP contribution in [0.3, 0.4) is 0 Å². The summed E-state index contributed by atoms with van der Waals surface area (Å²) >= 11 is 7.10. The molecular weight excluding hydrogens is 271 g/mol. The van der Waals surface area contributed by atoms with Crippen LogP contribution < -0.4 is 0 Å². The van der Waals surface area contributed by atoms with Gasteiger partial charge in [-0.15, -0.1) is 0 Å². The minimum absolute atomic E-state index is 0.0937. The van der Waals surface area contributed by atoms with Gasteiger partial charge in [0.15, 0.2) is 5.78 Å². The van der Waals surface area contributed by atoms with Gasteiger partial charge in [0, 0.05) is 21.9 Å². The lowest BCUT2D eigenvalue weighted by Crippen LogP contribution is -2.04. The van der Waals surface area contributed by atoms with E-state index in [4.69, 9.17) is 11.6 Å². The smallest absolute Gasteiger partial charge is 0.168 e. The fourth-order valence-electron chi connectivity index (χ4n) is 2.00. The Morgan fingerprint density at radius 1 is 1.22 bits per heavy atom. The van der Waals surface area contributed by atoms with Crippen LogP contribution in [0.4, 0.5) is 4.39 Å². The van der Waals surface area contributed by atoms with Crippen LogP contribution in [0, 0.1) is 5.82 Å². The van der Waals surface area contributed by atoms with Gasteiger partial charge in [0.05, 0.1) is 4.90 Å². The number of hydrogen-bond acceptors (Lipinski definition) is 2. The summed E-state index contributed by atoms with van der Waals surface area (Å²) in [7, 11) is 0. The highest BCUT2D eigenvalue weighted by atomic mass is 35.5. The first-order chi connectivity index (χ1) is 8.65. The Morgan fingerprint density at radius 2 is 2.00 bits per heavy atom. The van der Waals surface area contributed by atoms with Gasteiger partial charge in [-0.1, -0.05) is 41.6 Å². The molecule has 0 unspecified atom stereocenters. The van der Waals surface area contributed by atoms with Crippen molar-refractivity contribution in [3.05, 3.63) is 58.4 Å². The van der Waals surface area contributed by atoms with Crippen LogP contribution in [0.1, 0.15) is 15.9 Å². The first-order valence-corrected chi connectivity index (χ1v) is 6.62. The highest BCUT2D eigenvalue weighted by Gasteiger charge is 2.23. The molecule has 0 spiro atoms. The van der Waals surface area contributed by atoms with Crippen molar-refractivity contribution in [2.45, 2.75) is 16.2 Å². The van der Waals surface area contributed by atoms with E-state index in [-0.39, 0.29) is 17.2 Å². The zero-order valence-corrected chi connectivity index (χ0v) is 10.8. The summed E-state index contributed by atoms with van der Waals surface area (Å²) < 4.78 is 13.9. The molecule has 0 aliphatic carbocycles. The maximum Gasteiger partial charge on any atom is 0.168 e. The summed E-state index contributed by atoms with van der Waals surface area (Å²) in [6.45, 7) is 0. The van der Waals surface area contributed by atoms with Gasteiger partial charge >= 0.3 is 0 Å². The van der Waals surface area contributed by atoms with Crippen LogP contribution in [0.25, 0.3) is 0 Å². The van der Waals surface area contributed by atoms with E-state index < -0.39 is 5.82 Å². The Labute approximate surface area is 113 Å². The number of Topliss-reactive ketones (excluding diaryl/α,β-unsaturated/α-hetero) is 1. The molecule has 0 saturated carbocycles. The summed E-state index contributed by atoms with van der Waals surface area (Å²) in [4.78, 5) is 13.4. The van der Waals surface area contributed by atoms with Crippen LogP contribution in [0.5, 0.6) is 0 Å². The molecule has 1 aliphatic heterocycles. The van der Waals surface area contributed by atoms with Crippen molar-refractivity contribution in [2.24, 2.45) is 0 Å². The molecule has 1 heterocycles. The summed E-state index contributed by atoms with van der Waals surface area (Å²) in [5, 5.41) is 0.256. The number of benzene rings is 2. The molecule has 0 saturated heterocycles. The first kappa shape index (κ1) is 11.8. The summed E-state index contributed by atoms with van der Waals surface area (Å²) in [6.07, 6.45) is 0.288. The molecule has 1 aliphatic rings. The standard InChI is InChI=1S/C14H8ClFOS/c15-9-6-10-12(17)5-8-3-1-2-4-13(8)18-14(10)11(16)7-9/h1-4,6-7H,5H2. The van der Waals surface area contributed by atoms with Crippen molar-refractivity contribution in [3.8, 4) is 0 Å². The van der Waals surface area contributed by atoms with Crippen molar-refractivity contribution in [3.63, 3.8) is 0 Å². The minimum atomic E-state index is -0.437. The number of carbonyl (C=O) groups excluding carboxylic acids is 1. The van der Waals surface area contributed by atoms with Crippen molar-refractivity contribution >= 4 is 29.1 Å². The van der Waals surface area contributed by atoms with E-state index in [0.717, 1.165) is 10.5 Å². The Balaban J connectivity index is 2.23. The number of halogens is 2. The fourth-order valence-corrected chi connectivity index (χ4v) is 3.28. The minimum Gasteiger partial charge on any atom is -0.294 e. The monoisotopic (exact) mass is 278 g/mol. The quantitative estimate of drug-likeness (QED) is 0.712. The molecular formula is C14H8ClFOS. The summed E-state index contributed by atoms with van der Waals surface area (Å²) in [6, 6.07) is 10.3. The van der Waals surface area contributed by atoms with Crippen LogP contribution >= 0.6 is 23.4 Å². The maximum atomic E-state index is 13.9. The van der Waals surface area contributed by atoms with Crippen molar-refractivity contribution in [1.82, 2.24) is 0 Å². The zero-order valence-electron chi connectivity index (χ0n) is 9.24. The summed E-state index contributed by atoms with van der Waals surface area (Å²) in [5.74, 6) is -0.531. The normalized spacial score (nSPS) is 13.8. The number of carbonyl (C=O) groups is 1. The van der Waals surface area contributed by atoms with Gasteiger partial charge in [-0.2, -0.15) is 0 Å². The lowest BCUT2D eigenvalue weighted by atomic mass is 10.0. The van der Waals surface area contributed by atoms with Gasteiger partial charge < -0.3 is 0 Å². The molecule has 0 atom stereocenters. The first-order valence-electron chi connectivity index (χ1n) is 5.43. The molecule has 0 amide bonds. The number of rotatable bonds is 0. The third-order valence-corrected chi connectivity index (χ3v) is 4.30. The molecule has 0 radical (unpaired) electrons. The van der Waals surface area contributed by atoms with E-state index in [1.165, 1.54) is 17.8 Å². The Bertz CT molecular complexity index is 654. The van der Waals surface area contributed by atoms with Crippen LogP contribution in [0.15, 0.2) is 46.2 Å². The van der Waals surface area contributed by atoms with Gasteiger partial charge in [-0.25, -0.2) is 4.39 Å². The predicted molar refractivity (Wildman–Crippen MR) is 70.0 cm³/mol. The van der Waals surface area contributed by atoms with Gasteiger partial charge in [0.1, 0.15) is 5.82 Å². The average molecular weight is 279 g/mol. The second-order valence-corrected chi connectivity index (χ2v) is 5.56. The van der Waals surface area contributed by atoms with E-state index >= 15 is 0 Å². The molecule has 1 nitrogen and oxygen atoms in total. The van der Waals surface area contributed by atoms with Crippen molar-refractivity contribution in [2.75, 3.05) is 0 Å². The average Bonchev–Trinajstić information content (AvgIpc) is 2.47. The largest absolute Gasteiger partial charge is 0.294 e. The summed E-state index contributed by atoms with van der Waals surface area (Å²) in [5.41, 5.74) is 1.31. The number of hydrogen-bond donors (Lipinski definition) is 0. The zero-order chi connectivity index (χ0) is 12.7. The molecule has 2 aromatic carbocycles. The molecule has 0 aromatic heterocycles. The number of ketones is 1. The third-order valence-electron chi connectivity index (χ3n) is 2.84. The SMILES string of the molecule is O=C1Cc2ccccc2Sc2c(F)cc(Cl)cc21. The highest BCUT2D eigenvalue weighted by Crippen LogP contribution is 2.39. The molecule has 3 rings (SSSR count). The van der Waals surface area contributed by atoms with E-state index in [9.17, 15) is 9.18 Å². The molecule has 0 bridgehead atoms. The van der Waals surface area contributed by atoms with Crippen LogP contribution in [0.2, 0.25) is 5.02 Å². The van der Waals surface area contributed by atoms with E-state index in [1.54, 1.807) is 6.07 Å². The van der Waals surface area contributed by atoms with Crippen LogP contribution in [-0.2, 0) is 6.42 Å². The van der Waals surface area contributed by atoms with E-state index in [2.05, 4.69) is 0 Å². The van der Waals surface area contributed by atoms with Crippen LogP contribution in [-0.4, -0.2) is 5.78 Å². The molecule has 90 valence electrons. The number of fused-ring (bicyclic) bond motifs is 2. The van der Waals surface area contributed by atoms with Crippen molar-refractivity contribution in [1.29, 1.82) is 0 Å². The van der Waals surface area contributed by atoms with Gasteiger partial charge in [-0.05, 0) is 23.8 Å². The van der Waals surface area contributed by atoms with Gasteiger partial charge in [-0.3, -0.25) is 4.79 Å². The third kappa shape index (κ3) is 1.93. The molecule has 4 heteroatoms. The van der Waals surface area contributed by atoms with Gasteiger partial charge in [0.2, 0.25) is 0 Å². The maximum absolute atomic E-state index is 13.9. The Kier molecular flexibility index (Phi) is 2.88. The van der Waals surface area contributed by atoms with E-state index in [1.807, 2.05) is 24.3 Å². The van der Waals surface area contributed by atoms with Crippen molar-refractivity contribution < 1.29 is 9.18 Å². The Morgan fingerprint density at radius 3 is 2.83 bits per heavy atom. The Hall–Kier alpha value is -1.32. The molecule has 0 fully saturated rings. The van der Waals surface area contributed by atoms with Gasteiger partial charge in [0.25, 0.3) is 0 Å². The lowest BCUT2D eigenvalue weighted by molar-refractivity contribution is 0.0989. The molecule has 0 N–H and O–H groups in total. The highest BCUT2D eigenvalue weighted by molar-refractivity contribution is 7.99. The molecule has 18 heavy (non-hydrogen) atoms. The second-order valence-electron chi connectivity index (χ2n) is 4.07. The fraction of sp³-hybridized carbons (Fsp3) is 0.0714. The second kappa shape index (κ2) is 4.41. The predicted octanol–water partition coefficient (Wildman–Crippen LogP) is 4.37.